The fourth-order valence-corrected chi connectivity index (χ4v) is 1.84. The third-order valence-electron chi connectivity index (χ3n) is 2.66. The van der Waals surface area contributed by atoms with E-state index in [0.29, 0.717) is 5.76 Å². The summed E-state index contributed by atoms with van der Waals surface area (Å²) < 4.78 is 15.9. The number of benzene rings is 1. The predicted molar refractivity (Wildman–Crippen MR) is 66.4 cm³/mol. The minimum Gasteiger partial charge on any atom is -0.463 e. The minimum absolute atomic E-state index is 0.122. The lowest BCUT2D eigenvalue weighted by Crippen LogP contribution is -2.22. The summed E-state index contributed by atoms with van der Waals surface area (Å²) in [6.07, 6.45) is 0. The number of carbonyl (C=O) groups excluding carboxylic acids is 1. The van der Waals surface area contributed by atoms with Crippen LogP contribution in [0.25, 0.3) is 5.76 Å². The number of ether oxygens (including phenoxy) is 3. The van der Waals surface area contributed by atoms with Gasteiger partial charge in [-0.3, -0.25) is 0 Å². The van der Waals surface area contributed by atoms with E-state index in [0.717, 1.165) is 11.1 Å². The summed E-state index contributed by atoms with van der Waals surface area (Å²) in [6.45, 7) is 5.45. The first-order valence-electron chi connectivity index (χ1n) is 5.71. The molecule has 4 heteroatoms. The average Bonchev–Trinajstić information content (AvgIpc) is 2.65. The molecule has 0 atom stereocenters. The van der Waals surface area contributed by atoms with Crippen molar-refractivity contribution in [2.24, 2.45) is 0 Å². The number of carbonyl (C=O) groups is 1. The van der Waals surface area contributed by atoms with Crippen LogP contribution in [0.1, 0.15) is 25.0 Å². The van der Waals surface area contributed by atoms with Crippen molar-refractivity contribution < 1.29 is 19.0 Å². The summed E-state index contributed by atoms with van der Waals surface area (Å²) in [6, 6.07) is 7.65. The van der Waals surface area contributed by atoms with Crippen LogP contribution in [0.4, 0.5) is 0 Å². The van der Waals surface area contributed by atoms with Crippen LogP contribution in [0.5, 0.6) is 0 Å². The van der Waals surface area contributed by atoms with Gasteiger partial charge < -0.3 is 14.2 Å². The van der Waals surface area contributed by atoms with E-state index in [1.807, 2.05) is 31.2 Å². The van der Waals surface area contributed by atoms with Gasteiger partial charge in [-0.2, -0.15) is 0 Å². The van der Waals surface area contributed by atoms with Crippen LogP contribution in [0.3, 0.4) is 0 Å². The zero-order chi connectivity index (χ0) is 13.3. The minimum atomic E-state index is -0.860. The second kappa shape index (κ2) is 4.37. The summed E-state index contributed by atoms with van der Waals surface area (Å²) in [5, 5.41) is 0. The van der Waals surface area contributed by atoms with Gasteiger partial charge in [-0.1, -0.05) is 24.3 Å². The first-order chi connectivity index (χ1) is 8.44. The van der Waals surface area contributed by atoms with E-state index in [1.165, 1.54) is 7.11 Å². The monoisotopic (exact) mass is 248 g/mol. The molecule has 1 heterocycles. The maximum absolute atomic E-state index is 11.7. The van der Waals surface area contributed by atoms with Crippen molar-refractivity contribution in [2.75, 3.05) is 7.11 Å². The highest BCUT2D eigenvalue weighted by molar-refractivity contribution is 5.95. The van der Waals surface area contributed by atoms with E-state index in [-0.39, 0.29) is 5.76 Å². The number of aryl methyl sites for hydroxylation is 1. The molecule has 0 unspecified atom stereocenters. The number of esters is 1. The van der Waals surface area contributed by atoms with Crippen LogP contribution in [0.2, 0.25) is 0 Å². The summed E-state index contributed by atoms with van der Waals surface area (Å²) in [4.78, 5) is 11.7. The summed E-state index contributed by atoms with van der Waals surface area (Å²) in [5.74, 6) is -0.832. The first-order valence-corrected chi connectivity index (χ1v) is 5.71. The van der Waals surface area contributed by atoms with E-state index in [4.69, 9.17) is 14.2 Å². The van der Waals surface area contributed by atoms with Gasteiger partial charge in [0, 0.05) is 19.4 Å². The van der Waals surface area contributed by atoms with E-state index >= 15 is 0 Å². The lowest BCUT2D eigenvalue weighted by Gasteiger charge is -2.18. The van der Waals surface area contributed by atoms with Crippen molar-refractivity contribution in [2.45, 2.75) is 26.6 Å². The lowest BCUT2D eigenvalue weighted by molar-refractivity contribution is -0.150. The molecular formula is C14H16O4. The molecule has 1 aromatic carbocycles. The summed E-state index contributed by atoms with van der Waals surface area (Å²) in [5.41, 5.74) is 1.85. The van der Waals surface area contributed by atoms with Crippen LogP contribution < -0.4 is 0 Å². The Morgan fingerprint density at radius 3 is 2.50 bits per heavy atom. The highest BCUT2D eigenvalue weighted by Crippen LogP contribution is 2.37. The molecule has 0 radical (unpaired) electrons. The molecule has 0 aliphatic carbocycles. The Bertz CT molecular complexity index is 514. The second-order valence-corrected chi connectivity index (χ2v) is 4.57. The van der Waals surface area contributed by atoms with Crippen LogP contribution >= 0.6 is 0 Å². The van der Waals surface area contributed by atoms with Gasteiger partial charge in [0.05, 0.1) is 7.11 Å². The molecule has 0 N–H and O–H groups in total. The smallest absolute Gasteiger partial charge is 0.377 e. The molecule has 1 aliphatic heterocycles. The highest BCUT2D eigenvalue weighted by Gasteiger charge is 2.39. The molecule has 0 fully saturated rings. The van der Waals surface area contributed by atoms with E-state index in [1.54, 1.807) is 13.8 Å². The van der Waals surface area contributed by atoms with E-state index < -0.39 is 11.8 Å². The van der Waals surface area contributed by atoms with E-state index in [9.17, 15) is 4.79 Å². The van der Waals surface area contributed by atoms with Gasteiger partial charge in [-0.25, -0.2) is 4.79 Å². The van der Waals surface area contributed by atoms with Gasteiger partial charge in [0.25, 0.3) is 5.76 Å². The van der Waals surface area contributed by atoms with Crippen molar-refractivity contribution in [3.63, 3.8) is 0 Å². The zero-order valence-electron chi connectivity index (χ0n) is 10.9. The Morgan fingerprint density at radius 2 is 1.89 bits per heavy atom. The molecule has 0 amide bonds. The molecule has 1 aliphatic rings. The molecule has 0 bridgehead atoms. The fraction of sp³-hybridized carbons (Fsp3) is 0.357. The second-order valence-electron chi connectivity index (χ2n) is 4.57. The zero-order valence-corrected chi connectivity index (χ0v) is 10.9. The number of rotatable bonds is 2. The quantitative estimate of drug-likeness (QED) is 0.755. The Morgan fingerprint density at radius 1 is 1.22 bits per heavy atom. The SMILES string of the molecule is COC(=O)C1=C(c2ccccc2C)OC(C)(C)O1. The summed E-state index contributed by atoms with van der Waals surface area (Å²) in [7, 11) is 1.32. The van der Waals surface area contributed by atoms with Gasteiger partial charge in [-0.15, -0.1) is 0 Å². The average molecular weight is 248 g/mol. The Hall–Kier alpha value is -1.97. The molecule has 0 saturated heterocycles. The van der Waals surface area contributed by atoms with Crippen LogP contribution in [-0.4, -0.2) is 18.9 Å². The topological polar surface area (TPSA) is 44.8 Å². The van der Waals surface area contributed by atoms with Crippen molar-refractivity contribution in [3.8, 4) is 0 Å². The largest absolute Gasteiger partial charge is 0.463 e. The van der Waals surface area contributed by atoms with Crippen molar-refractivity contribution in [1.82, 2.24) is 0 Å². The molecule has 2 rings (SSSR count). The Labute approximate surface area is 106 Å². The summed E-state index contributed by atoms with van der Waals surface area (Å²) >= 11 is 0. The van der Waals surface area contributed by atoms with Crippen molar-refractivity contribution >= 4 is 11.7 Å². The molecule has 96 valence electrons. The van der Waals surface area contributed by atoms with Gasteiger partial charge in [0.2, 0.25) is 5.79 Å². The maximum atomic E-state index is 11.7. The fourth-order valence-electron chi connectivity index (χ4n) is 1.84. The van der Waals surface area contributed by atoms with Crippen LogP contribution in [0, 0.1) is 6.92 Å². The third kappa shape index (κ3) is 2.18. The Balaban J connectivity index is 2.51. The van der Waals surface area contributed by atoms with Gasteiger partial charge in [0.15, 0.2) is 5.76 Å². The molecular weight excluding hydrogens is 232 g/mol. The molecule has 18 heavy (non-hydrogen) atoms. The molecule has 0 aromatic heterocycles. The molecule has 1 aromatic rings. The van der Waals surface area contributed by atoms with Crippen LogP contribution in [-0.2, 0) is 19.0 Å². The van der Waals surface area contributed by atoms with E-state index in [2.05, 4.69) is 0 Å². The highest BCUT2D eigenvalue weighted by atomic mass is 16.7. The Kier molecular flexibility index (Phi) is 3.03. The normalized spacial score (nSPS) is 17.1. The van der Waals surface area contributed by atoms with Crippen LogP contribution in [0.15, 0.2) is 30.0 Å². The lowest BCUT2D eigenvalue weighted by atomic mass is 10.1. The number of hydrogen-bond acceptors (Lipinski definition) is 4. The molecule has 0 spiro atoms. The first kappa shape index (κ1) is 12.5. The van der Waals surface area contributed by atoms with Gasteiger partial charge >= 0.3 is 5.97 Å². The predicted octanol–water partition coefficient (Wildman–Crippen LogP) is 2.62. The van der Waals surface area contributed by atoms with Gasteiger partial charge in [0.1, 0.15) is 0 Å². The van der Waals surface area contributed by atoms with Crippen molar-refractivity contribution in [1.29, 1.82) is 0 Å². The maximum Gasteiger partial charge on any atom is 0.377 e. The molecule has 4 nitrogen and oxygen atoms in total. The van der Waals surface area contributed by atoms with Gasteiger partial charge in [-0.05, 0) is 12.5 Å². The third-order valence-corrected chi connectivity index (χ3v) is 2.66. The van der Waals surface area contributed by atoms with Crippen molar-refractivity contribution in [3.05, 3.63) is 41.2 Å². The standard InChI is InChI=1S/C14H16O4/c1-9-7-5-6-8-10(9)11-12(13(15)16-4)18-14(2,3)17-11/h5-8H,1-4H3. The molecule has 0 saturated carbocycles. The number of hydrogen-bond donors (Lipinski definition) is 0. The number of methoxy groups -OCH3 is 1.